The zero-order valence-corrected chi connectivity index (χ0v) is 20.9. The molecule has 2 atom stereocenters. The lowest BCUT2D eigenvalue weighted by Gasteiger charge is -2.22. The first-order valence-electron chi connectivity index (χ1n) is 12.3. The van der Waals surface area contributed by atoms with Crippen LogP contribution in [0.1, 0.15) is 32.6 Å². The SMILES string of the molecule is CC(=O)N1CCCC1C(=O)Nc1ccc(-c2nc(-c3ccc(NC(=O)C4CCCN4)cc3)cs2)cc1. The first-order chi connectivity index (χ1) is 17.5. The van der Waals surface area contributed by atoms with Crippen molar-refractivity contribution in [3.8, 4) is 21.8 Å². The smallest absolute Gasteiger partial charge is 0.247 e. The third-order valence-corrected chi connectivity index (χ3v) is 7.58. The molecule has 8 nitrogen and oxygen atoms in total. The van der Waals surface area contributed by atoms with Gasteiger partial charge in [-0.2, -0.15) is 0 Å². The fourth-order valence-electron chi connectivity index (χ4n) is 4.74. The topological polar surface area (TPSA) is 103 Å². The molecule has 2 unspecified atom stereocenters. The van der Waals surface area contributed by atoms with Crippen LogP contribution < -0.4 is 16.0 Å². The molecule has 36 heavy (non-hydrogen) atoms. The summed E-state index contributed by atoms with van der Waals surface area (Å²) in [5.74, 6) is -0.204. The molecule has 0 spiro atoms. The van der Waals surface area contributed by atoms with Gasteiger partial charge < -0.3 is 20.9 Å². The minimum Gasteiger partial charge on any atom is -0.331 e. The van der Waals surface area contributed by atoms with E-state index in [0.29, 0.717) is 18.7 Å². The quantitative estimate of drug-likeness (QED) is 0.470. The van der Waals surface area contributed by atoms with Crippen molar-refractivity contribution in [1.82, 2.24) is 15.2 Å². The highest BCUT2D eigenvalue weighted by Crippen LogP contribution is 2.30. The molecule has 2 aliphatic rings. The predicted molar refractivity (Wildman–Crippen MR) is 142 cm³/mol. The molecule has 2 fully saturated rings. The van der Waals surface area contributed by atoms with Crippen LogP contribution in [0, 0.1) is 0 Å². The number of nitrogens with zero attached hydrogens (tertiary/aromatic N) is 2. The molecule has 3 heterocycles. The molecule has 2 aliphatic heterocycles. The van der Waals surface area contributed by atoms with Crippen molar-refractivity contribution in [2.45, 2.75) is 44.7 Å². The fourth-order valence-corrected chi connectivity index (χ4v) is 5.57. The van der Waals surface area contributed by atoms with E-state index < -0.39 is 6.04 Å². The van der Waals surface area contributed by atoms with Crippen molar-refractivity contribution in [2.24, 2.45) is 0 Å². The summed E-state index contributed by atoms with van der Waals surface area (Å²) >= 11 is 1.55. The molecule has 0 radical (unpaired) electrons. The van der Waals surface area contributed by atoms with Gasteiger partial charge in [-0.05, 0) is 68.6 Å². The van der Waals surface area contributed by atoms with E-state index in [9.17, 15) is 14.4 Å². The number of benzene rings is 2. The van der Waals surface area contributed by atoms with E-state index >= 15 is 0 Å². The molecule has 3 amide bonds. The van der Waals surface area contributed by atoms with Crippen LogP contribution in [0.2, 0.25) is 0 Å². The lowest BCUT2D eigenvalue weighted by molar-refractivity contribution is -0.134. The third kappa shape index (κ3) is 5.32. The van der Waals surface area contributed by atoms with Gasteiger partial charge in [-0.1, -0.05) is 12.1 Å². The number of aromatic nitrogens is 1. The maximum absolute atomic E-state index is 12.7. The van der Waals surface area contributed by atoms with Gasteiger partial charge in [-0.25, -0.2) is 4.98 Å². The van der Waals surface area contributed by atoms with Crippen LogP contribution in [0.5, 0.6) is 0 Å². The number of carbonyl (C=O) groups excluding carboxylic acids is 3. The first-order valence-corrected chi connectivity index (χ1v) is 13.1. The number of nitrogens with one attached hydrogen (secondary N) is 3. The Labute approximate surface area is 214 Å². The maximum Gasteiger partial charge on any atom is 0.247 e. The van der Waals surface area contributed by atoms with E-state index in [2.05, 4.69) is 16.0 Å². The molecule has 3 N–H and O–H groups in total. The summed E-state index contributed by atoms with van der Waals surface area (Å²) < 4.78 is 0. The Hall–Kier alpha value is -3.56. The zero-order valence-electron chi connectivity index (χ0n) is 20.1. The summed E-state index contributed by atoms with van der Waals surface area (Å²) in [5.41, 5.74) is 4.28. The minimum absolute atomic E-state index is 0.00949. The number of hydrogen-bond donors (Lipinski definition) is 3. The van der Waals surface area contributed by atoms with Crippen LogP contribution in [0.25, 0.3) is 21.8 Å². The Bertz CT molecular complexity index is 1250. The molecule has 0 bridgehead atoms. The second-order valence-electron chi connectivity index (χ2n) is 9.19. The first kappa shape index (κ1) is 24.1. The summed E-state index contributed by atoms with van der Waals surface area (Å²) in [6, 6.07) is 14.8. The molecule has 0 saturated carbocycles. The van der Waals surface area contributed by atoms with Crippen LogP contribution in [-0.4, -0.2) is 52.8 Å². The Balaban J connectivity index is 1.20. The number of amides is 3. The number of thiazole rings is 1. The van der Waals surface area contributed by atoms with Crippen molar-refractivity contribution in [3.63, 3.8) is 0 Å². The second-order valence-corrected chi connectivity index (χ2v) is 10.0. The standard InChI is InChI=1S/C27H29N5O3S/c1-17(33)32-15-3-5-24(32)26(35)30-21-12-8-19(9-13-21)27-31-23(16-36-27)18-6-10-20(11-7-18)29-25(34)22-4-2-14-28-22/h6-13,16,22,24,28H,2-5,14-15H2,1H3,(H,29,34)(H,30,35). The Kier molecular flexibility index (Phi) is 7.11. The monoisotopic (exact) mass is 503 g/mol. The summed E-state index contributed by atoms with van der Waals surface area (Å²) in [6.45, 7) is 3.03. The highest BCUT2D eigenvalue weighted by Gasteiger charge is 2.32. The summed E-state index contributed by atoms with van der Waals surface area (Å²) in [6.07, 6.45) is 3.44. The average Bonchev–Trinajstić information content (AvgIpc) is 3.67. The average molecular weight is 504 g/mol. The van der Waals surface area contributed by atoms with Gasteiger partial charge in [-0.3, -0.25) is 14.4 Å². The molecular weight excluding hydrogens is 474 g/mol. The minimum atomic E-state index is -0.400. The van der Waals surface area contributed by atoms with Gasteiger partial charge in [-0.15, -0.1) is 11.3 Å². The van der Waals surface area contributed by atoms with E-state index in [0.717, 1.165) is 53.3 Å². The molecule has 0 aliphatic carbocycles. The predicted octanol–water partition coefficient (Wildman–Crippen LogP) is 4.12. The van der Waals surface area contributed by atoms with Gasteiger partial charge in [0.25, 0.3) is 0 Å². The van der Waals surface area contributed by atoms with Crippen LogP contribution in [0.4, 0.5) is 11.4 Å². The number of hydrogen-bond acceptors (Lipinski definition) is 6. The lowest BCUT2D eigenvalue weighted by atomic mass is 10.1. The van der Waals surface area contributed by atoms with Crippen LogP contribution in [0.3, 0.4) is 0 Å². The number of likely N-dealkylation sites (tertiary alicyclic amines) is 1. The van der Waals surface area contributed by atoms with Gasteiger partial charge in [0.2, 0.25) is 17.7 Å². The summed E-state index contributed by atoms with van der Waals surface area (Å²) in [5, 5.41) is 12.0. The van der Waals surface area contributed by atoms with Crippen molar-refractivity contribution in [2.75, 3.05) is 23.7 Å². The molecule has 5 rings (SSSR count). The molecule has 1 aromatic heterocycles. The molecular formula is C27H29N5O3S. The van der Waals surface area contributed by atoms with Gasteiger partial charge >= 0.3 is 0 Å². The highest BCUT2D eigenvalue weighted by atomic mass is 32.1. The third-order valence-electron chi connectivity index (χ3n) is 6.69. The van der Waals surface area contributed by atoms with Gasteiger partial charge in [0.15, 0.2) is 0 Å². The molecule has 186 valence electrons. The van der Waals surface area contributed by atoms with E-state index in [1.807, 2.05) is 53.9 Å². The largest absolute Gasteiger partial charge is 0.331 e. The fraction of sp³-hybridized carbons (Fsp3) is 0.333. The Morgan fingerprint density at radius 2 is 1.58 bits per heavy atom. The van der Waals surface area contributed by atoms with Gasteiger partial charge in [0.1, 0.15) is 11.0 Å². The van der Waals surface area contributed by atoms with Crippen molar-refractivity contribution in [3.05, 3.63) is 53.9 Å². The Morgan fingerprint density at radius 3 is 2.22 bits per heavy atom. The summed E-state index contributed by atoms with van der Waals surface area (Å²) in [7, 11) is 0. The molecule has 2 aromatic carbocycles. The number of rotatable bonds is 6. The van der Waals surface area contributed by atoms with Crippen molar-refractivity contribution in [1.29, 1.82) is 0 Å². The van der Waals surface area contributed by atoms with E-state index in [1.165, 1.54) is 6.92 Å². The van der Waals surface area contributed by atoms with Crippen molar-refractivity contribution >= 4 is 40.4 Å². The number of carbonyl (C=O) groups is 3. The van der Waals surface area contributed by atoms with E-state index in [4.69, 9.17) is 4.98 Å². The zero-order chi connectivity index (χ0) is 25.1. The van der Waals surface area contributed by atoms with E-state index in [1.54, 1.807) is 16.2 Å². The highest BCUT2D eigenvalue weighted by molar-refractivity contribution is 7.13. The second kappa shape index (κ2) is 10.6. The normalized spacial score (nSPS) is 19.3. The van der Waals surface area contributed by atoms with Crippen LogP contribution in [-0.2, 0) is 14.4 Å². The lowest BCUT2D eigenvalue weighted by Crippen LogP contribution is -2.42. The van der Waals surface area contributed by atoms with Crippen LogP contribution >= 0.6 is 11.3 Å². The van der Waals surface area contributed by atoms with Gasteiger partial charge in [0, 0.05) is 41.4 Å². The molecule has 3 aromatic rings. The number of anilines is 2. The van der Waals surface area contributed by atoms with Crippen molar-refractivity contribution < 1.29 is 14.4 Å². The van der Waals surface area contributed by atoms with Gasteiger partial charge in [0.05, 0.1) is 11.7 Å². The van der Waals surface area contributed by atoms with E-state index in [-0.39, 0.29) is 23.8 Å². The molecule has 9 heteroatoms. The Morgan fingerprint density at radius 1 is 0.917 bits per heavy atom. The maximum atomic E-state index is 12.7. The summed E-state index contributed by atoms with van der Waals surface area (Å²) in [4.78, 5) is 43.1. The molecule has 2 saturated heterocycles. The van der Waals surface area contributed by atoms with Crippen LogP contribution in [0.15, 0.2) is 53.9 Å².